The maximum atomic E-state index is 13.2. The van der Waals surface area contributed by atoms with Crippen molar-refractivity contribution in [2.75, 3.05) is 32.8 Å². The normalized spacial score (nSPS) is 14.1. The first-order valence-electron chi connectivity index (χ1n) is 9.58. The zero-order valence-corrected chi connectivity index (χ0v) is 17.3. The highest BCUT2D eigenvalue weighted by Crippen LogP contribution is 2.21. The molecule has 7 heteroatoms. The number of hydrogen-bond acceptors (Lipinski definition) is 3. The van der Waals surface area contributed by atoms with Crippen LogP contribution in [-0.2, 0) is 4.79 Å². The number of piperazine rings is 1. The van der Waals surface area contributed by atoms with Gasteiger partial charge in [-0.15, -0.1) is 0 Å². The van der Waals surface area contributed by atoms with E-state index in [4.69, 9.17) is 16.3 Å². The number of rotatable bonds is 5. The summed E-state index contributed by atoms with van der Waals surface area (Å²) in [6.07, 6.45) is 0.283. The lowest BCUT2D eigenvalue weighted by Crippen LogP contribution is -2.50. The summed E-state index contributed by atoms with van der Waals surface area (Å²) < 4.78 is 18.9. The van der Waals surface area contributed by atoms with Crippen LogP contribution in [0.25, 0.3) is 0 Å². The van der Waals surface area contributed by atoms with Gasteiger partial charge in [0.05, 0.1) is 23.6 Å². The van der Waals surface area contributed by atoms with E-state index in [2.05, 4.69) is 0 Å². The maximum absolute atomic E-state index is 13.2. The highest BCUT2D eigenvalue weighted by atomic mass is 35.5. The summed E-state index contributed by atoms with van der Waals surface area (Å²) in [5.41, 5.74) is 2.50. The number of halogens is 2. The number of nitrogens with zero attached hydrogens (tertiary/aromatic N) is 2. The van der Waals surface area contributed by atoms with E-state index in [1.165, 1.54) is 12.1 Å². The van der Waals surface area contributed by atoms with Crippen molar-refractivity contribution in [3.05, 3.63) is 63.9 Å². The van der Waals surface area contributed by atoms with Gasteiger partial charge in [0.2, 0.25) is 5.91 Å². The molecule has 3 rings (SSSR count). The minimum absolute atomic E-state index is 0.00206. The fraction of sp³-hybridized carbons (Fsp3) is 0.364. The van der Waals surface area contributed by atoms with Gasteiger partial charge < -0.3 is 14.5 Å². The molecule has 1 fully saturated rings. The molecule has 0 aromatic heterocycles. The molecule has 1 aliphatic rings. The third-order valence-corrected chi connectivity index (χ3v) is 5.52. The molecule has 2 aromatic rings. The highest BCUT2D eigenvalue weighted by molar-refractivity contribution is 6.33. The average molecular weight is 419 g/mol. The smallest absolute Gasteiger partial charge is 0.255 e. The Morgan fingerprint density at radius 3 is 2.45 bits per heavy atom. The number of carbonyl (C=O) groups is 2. The summed E-state index contributed by atoms with van der Waals surface area (Å²) in [4.78, 5) is 28.4. The standard InChI is InChI=1S/C22H24ClFN2O3/c1-15-4-3-5-20(16(15)2)29-13-8-21(27)25-9-11-26(12-10-25)22(28)18-7-6-17(24)14-19(18)23/h3-7,14H,8-13H2,1-2H3. The molecule has 2 amide bonds. The first-order chi connectivity index (χ1) is 13.9. The molecule has 0 N–H and O–H groups in total. The second kappa shape index (κ2) is 9.27. The van der Waals surface area contributed by atoms with Crippen LogP contribution < -0.4 is 4.74 Å². The van der Waals surface area contributed by atoms with Crippen molar-refractivity contribution in [3.63, 3.8) is 0 Å². The van der Waals surface area contributed by atoms with Gasteiger partial charge in [0.1, 0.15) is 11.6 Å². The second-order valence-electron chi connectivity index (χ2n) is 7.09. The van der Waals surface area contributed by atoms with E-state index < -0.39 is 5.82 Å². The van der Waals surface area contributed by atoms with E-state index in [-0.39, 0.29) is 28.8 Å². The first kappa shape index (κ1) is 21.1. The third-order valence-electron chi connectivity index (χ3n) is 5.21. The van der Waals surface area contributed by atoms with Crippen LogP contribution in [0.3, 0.4) is 0 Å². The SMILES string of the molecule is Cc1cccc(OCCC(=O)N2CCN(C(=O)c3ccc(F)cc3Cl)CC2)c1C. The number of carbonyl (C=O) groups excluding carboxylic acids is 2. The molecule has 29 heavy (non-hydrogen) atoms. The van der Waals surface area contributed by atoms with Crippen LogP contribution in [0.1, 0.15) is 27.9 Å². The molecule has 0 unspecified atom stereocenters. The third kappa shape index (κ3) is 5.07. The fourth-order valence-electron chi connectivity index (χ4n) is 3.28. The summed E-state index contributed by atoms with van der Waals surface area (Å²) >= 11 is 5.99. The molecule has 5 nitrogen and oxygen atoms in total. The van der Waals surface area contributed by atoms with Gasteiger partial charge in [0.25, 0.3) is 5.91 Å². The molecule has 0 radical (unpaired) electrons. The summed E-state index contributed by atoms with van der Waals surface area (Å²) in [6, 6.07) is 9.59. The summed E-state index contributed by atoms with van der Waals surface area (Å²) in [7, 11) is 0. The van der Waals surface area contributed by atoms with Gasteiger partial charge in [-0.3, -0.25) is 9.59 Å². The monoisotopic (exact) mass is 418 g/mol. The molecule has 0 atom stereocenters. The van der Waals surface area contributed by atoms with Crippen LogP contribution >= 0.6 is 11.6 Å². The van der Waals surface area contributed by atoms with Gasteiger partial charge in [0, 0.05) is 26.2 Å². The molecule has 0 saturated carbocycles. The Kier molecular flexibility index (Phi) is 6.75. The number of benzene rings is 2. The average Bonchev–Trinajstić information content (AvgIpc) is 2.71. The Bertz CT molecular complexity index is 911. The van der Waals surface area contributed by atoms with Crippen molar-refractivity contribution in [3.8, 4) is 5.75 Å². The van der Waals surface area contributed by atoms with E-state index in [9.17, 15) is 14.0 Å². The topological polar surface area (TPSA) is 49.9 Å². The Morgan fingerprint density at radius 1 is 1.07 bits per heavy atom. The summed E-state index contributed by atoms with van der Waals surface area (Å²) in [5.74, 6) is 0.0667. The van der Waals surface area contributed by atoms with Crippen molar-refractivity contribution in [1.29, 1.82) is 0 Å². The lowest BCUT2D eigenvalue weighted by Gasteiger charge is -2.35. The first-order valence-corrected chi connectivity index (χ1v) is 9.95. The molecular weight excluding hydrogens is 395 g/mol. The molecule has 1 aliphatic heterocycles. The lowest BCUT2D eigenvalue weighted by atomic mass is 10.1. The zero-order chi connectivity index (χ0) is 21.0. The van der Waals surface area contributed by atoms with Gasteiger partial charge in [0.15, 0.2) is 0 Å². The predicted molar refractivity (Wildman–Crippen MR) is 110 cm³/mol. The molecule has 0 bridgehead atoms. The van der Waals surface area contributed by atoms with Gasteiger partial charge in [-0.05, 0) is 49.2 Å². The molecule has 1 heterocycles. The number of hydrogen-bond donors (Lipinski definition) is 0. The van der Waals surface area contributed by atoms with Crippen LogP contribution in [0.4, 0.5) is 4.39 Å². The minimum Gasteiger partial charge on any atom is -0.493 e. The largest absolute Gasteiger partial charge is 0.493 e. The Labute approximate surface area is 175 Å². The molecule has 0 spiro atoms. The number of ether oxygens (including phenoxy) is 1. The van der Waals surface area contributed by atoms with Gasteiger partial charge in [-0.25, -0.2) is 4.39 Å². The van der Waals surface area contributed by atoms with E-state index in [1.807, 2.05) is 32.0 Å². The molecule has 2 aromatic carbocycles. The van der Waals surface area contributed by atoms with Crippen LogP contribution in [0.15, 0.2) is 36.4 Å². The summed E-state index contributed by atoms with van der Waals surface area (Å²) in [5, 5.41) is 0.0945. The molecular formula is C22H24ClFN2O3. The molecule has 0 aliphatic carbocycles. The van der Waals surface area contributed by atoms with E-state index in [0.717, 1.165) is 22.9 Å². The van der Waals surface area contributed by atoms with Crippen LogP contribution in [-0.4, -0.2) is 54.4 Å². The van der Waals surface area contributed by atoms with Gasteiger partial charge in [-0.2, -0.15) is 0 Å². The second-order valence-corrected chi connectivity index (χ2v) is 7.50. The van der Waals surface area contributed by atoms with Gasteiger partial charge in [-0.1, -0.05) is 23.7 Å². The Balaban J connectivity index is 1.48. The van der Waals surface area contributed by atoms with E-state index >= 15 is 0 Å². The molecule has 154 valence electrons. The quantitative estimate of drug-likeness (QED) is 0.741. The maximum Gasteiger partial charge on any atom is 0.255 e. The minimum atomic E-state index is -0.481. The van der Waals surface area contributed by atoms with Crippen molar-refractivity contribution < 1.29 is 18.7 Å². The van der Waals surface area contributed by atoms with Gasteiger partial charge >= 0.3 is 0 Å². The Morgan fingerprint density at radius 2 is 1.76 bits per heavy atom. The highest BCUT2D eigenvalue weighted by Gasteiger charge is 2.26. The lowest BCUT2D eigenvalue weighted by molar-refractivity contribution is -0.133. The van der Waals surface area contributed by atoms with Crippen LogP contribution in [0.5, 0.6) is 5.75 Å². The van der Waals surface area contributed by atoms with Crippen molar-refractivity contribution in [2.24, 2.45) is 0 Å². The van der Waals surface area contributed by atoms with Crippen LogP contribution in [0.2, 0.25) is 5.02 Å². The Hall–Kier alpha value is -2.60. The molecule has 1 saturated heterocycles. The predicted octanol–water partition coefficient (Wildman–Crippen LogP) is 3.85. The van der Waals surface area contributed by atoms with Crippen molar-refractivity contribution in [1.82, 2.24) is 9.80 Å². The van der Waals surface area contributed by atoms with Crippen molar-refractivity contribution >= 4 is 23.4 Å². The fourth-order valence-corrected chi connectivity index (χ4v) is 3.53. The van der Waals surface area contributed by atoms with Crippen LogP contribution in [0, 0.1) is 19.7 Å². The number of aryl methyl sites for hydroxylation is 1. The van der Waals surface area contributed by atoms with E-state index in [0.29, 0.717) is 32.8 Å². The van der Waals surface area contributed by atoms with E-state index in [1.54, 1.807) is 9.80 Å². The number of amides is 2. The van der Waals surface area contributed by atoms with Crippen molar-refractivity contribution in [2.45, 2.75) is 20.3 Å². The zero-order valence-electron chi connectivity index (χ0n) is 16.6. The summed E-state index contributed by atoms with van der Waals surface area (Å²) in [6.45, 7) is 6.06.